The molecule has 1 aromatic rings. The average Bonchev–Trinajstić information content (AvgIpc) is 3.03. The van der Waals surface area contributed by atoms with E-state index in [9.17, 15) is 4.79 Å². The number of amides is 1. The molecule has 1 aromatic heterocycles. The second-order valence-electron chi connectivity index (χ2n) is 4.00. The van der Waals surface area contributed by atoms with Gasteiger partial charge in [-0.25, -0.2) is 9.97 Å². The van der Waals surface area contributed by atoms with Crippen LogP contribution in [0.3, 0.4) is 0 Å². The van der Waals surface area contributed by atoms with E-state index < -0.39 is 0 Å². The normalized spacial score (nSPS) is 16.9. The molecule has 1 aliphatic rings. The van der Waals surface area contributed by atoms with E-state index in [4.69, 9.17) is 4.74 Å². The number of carbonyl (C=O) groups is 1. The van der Waals surface area contributed by atoms with E-state index in [1.807, 2.05) is 6.92 Å². The Balaban J connectivity index is 2.00. The molecule has 0 bridgehead atoms. The Morgan fingerprint density at radius 3 is 2.94 bits per heavy atom. The highest BCUT2D eigenvalue weighted by Crippen LogP contribution is 2.34. The monoisotopic (exact) mass is 221 g/mol. The Kier molecular flexibility index (Phi) is 3.14. The molecule has 0 saturated heterocycles. The van der Waals surface area contributed by atoms with E-state index in [1.54, 1.807) is 19.4 Å². The van der Waals surface area contributed by atoms with Crippen molar-refractivity contribution in [2.45, 2.75) is 25.9 Å². The number of aromatic nitrogens is 2. The number of nitrogens with zero attached hydrogens (tertiary/aromatic N) is 2. The number of rotatable bonds is 4. The van der Waals surface area contributed by atoms with Crippen molar-refractivity contribution in [2.75, 3.05) is 12.4 Å². The third-order valence-corrected chi connectivity index (χ3v) is 2.59. The fourth-order valence-electron chi connectivity index (χ4n) is 1.60. The molecule has 5 heteroatoms. The van der Waals surface area contributed by atoms with Gasteiger partial charge in [0, 0.05) is 19.0 Å². The van der Waals surface area contributed by atoms with Crippen molar-refractivity contribution in [1.29, 1.82) is 0 Å². The van der Waals surface area contributed by atoms with Gasteiger partial charge in [0.15, 0.2) is 0 Å². The Morgan fingerprint density at radius 2 is 2.38 bits per heavy atom. The molecule has 1 N–H and O–H groups in total. The number of anilines is 1. The molecule has 5 nitrogen and oxygen atoms in total. The summed E-state index contributed by atoms with van der Waals surface area (Å²) >= 11 is 0. The van der Waals surface area contributed by atoms with Gasteiger partial charge in [0.2, 0.25) is 5.95 Å². The number of aryl methyl sites for hydroxylation is 1. The largest absolute Gasteiger partial charge is 0.371 e. The minimum Gasteiger partial charge on any atom is -0.371 e. The Labute approximate surface area is 94.2 Å². The van der Waals surface area contributed by atoms with Gasteiger partial charge in [-0.15, -0.1) is 0 Å². The lowest BCUT2D eigenvalue weighted by atomic mass is 10.2. The molecular weight excluding hydrogens is 206 g/mol. The highest BCUT2D eigenvalue weighted by Gasteiger charge is 2.36. The molecule has 0 unspecified atom stereocenters. The van der Waals surface area contributed by atoms with Crippen LogP contribution in [0.1, 0.15) is 18.5 Å². The second kappa shape index (κ2) is 4.57. The van der Waals surface area contributed by atoms with Gasteiger partial charge in [-0.3, -0.25) is 10.1 Å². The van der Waals surface area contributed by atoms with Crippen LogP contribution in [0.5, 0.6) is 0 Å². The third-order valence-electron chi connectivity index (χ3n) is 2.59. The van der Waals surface area contributed by atoms with Gasteiger partial charge in [0.1, 0.15) is 6.10 Å². The average molecular weight is 221 g/mol. The minimum absolute atomic E-state index is 0.157. The summed E-state index contributed by atoms with van der Waals surface area (Å²) in [4.78, 5) is 19.9. The molecule has 16 heavy (non-hydrogen) atoms. The molecule has 1 aliphatic carbocycles. The number of carbonyl (C=O) groups excluding carboxylic acids is 1. The van der Waals surface area contributed by atoms with E-state index in [0.29, 0.717) is 11.9 Å². The summed E-state index contributed by atoms with van der Waals surface area (Å²) in [5.74, 6) is 0.540. The number of nitrogens with one attached hydrogen (secondary N) is 1. The number of methoxy groups -OCH3 is 1. The minimum atomic E-state index is -0.371. The molecule has 1 atom stereocenters. The number of hydrogen-bond donors (Lipinski definition) is 1. The van der Waals surface area contributed by atoms with Crippen molar-refractivity contribution < 1.29 is 9.53 Å². The van der Waals surface area contributed by atoms with Crippen molar-refractivity contribution in [2.24, 2.45) is 5.92 Å². The van der Waals surface area contributed by atoms with E-state index in [0.717, 1.165) is 18.5 Å². The fourth-order valence-corrected chi connectivity index (χ4v) is 1.60. The molecule has 1 fully saturated rings. The maximum absolute atomic E-state index is 11.8. The number of hydrogen-bond acceptors (Lipinski definition) is 4. The summed E-state index contributed by atoms with van der Waals surface area (Å²) in [6, 6.07) is 1.78. The highest BCUT2D eigenvalue weighted by molar-refractivity contribution is 5.93. The Morgan fingerprint density at radius 1 is 1.62 bits per heavy atom. The summed E-state index contributed by atoms with van der Waals surface area (Å²) in [7, 11) is 1.56. The second-order valence-corrected chi connectivity index (χ2v) is 4.00. The molecule has 1 amide bonds. The molecule has 0 radical (unpaired) electrons. The van der Waals surface area contributed by atoms with Crippen LogP contribution >= 0.6 is 0 Å². The van der Waals surface area contributed by atoms with Gasteiger partial charge >= 0.3 is 0 Å². The van der Waals surface area contributed by atoms with Crippen LogP contribution in [-0.4, -0.2) is 29.1 Å². The Hall–Kier alpha value is -1.49. The van der Waals surface area contributed by atoms with Crippen molar-refractivity contribution in [3.63, 3.8) is 0 Å². The van der Waals surface area contributed by atoms with Crippen molar-refractivity contribution >= 4 is 11.9 Å². The van der Waals surface area contributed by atoms with Gasteiger partial charge in [0.25, 0.3) is 5.91 Å². The molecule has 0 aromatic carbocycles. The molecule has 86 valence electrons. The van der Waals surface area contributed by atoms with Crippen molar-refractivity contribution in [1.82, 2.24) is 9.97 Å². The first-order valence-electron chi connectivity index (χ1n) is 5.34. The van der Waals surface area contributed by atoms with E-state index in [1.165, 1.54) is 0 Å². The van der Waals surface area contributed by atoms with E-state index in [2.05, 4.69) is 15.3 Å². The fraction of sp³-hybridized carbons (Fsp3) is 0.545. The zero-order chi connectivity index (χ0) is 11.5. The zero-order valence-electron chi connectivity index (χ0n) is 9.43. The SMILES string of the molecule is CO[C@H](C(=O)Nc1nccc(C)n1)C1CC1. The first-order chi connectivity index (χ1) is 7.70. The van der Waals surface area contributed by atoms with Gasteiger partial charge in [-0.2, -0.15) is 0 Å². The smallest absolute Gasteiger partial charge is 0.256 e. The van der Waals surface area contributed by atoms with Crippen molar-refractivity contribution in [3.05, 3.63) is 18.0 Å². The van der Waals surface area contributed by atoms with E-state index >= 15 is 0 Å². The highest BCUT2D eigenvalue weighted by atomic mass is 16.5. The van der Waals surface area contributed by atoms with Gasteiger partial charge < -0.3 is 4.74 Å². The van der Waals surface area contributed by atoms with Gasteiger partial charge in [-0.05, 0) is 31.7 Å². The van der Waals surface area contributed by atoms with Crippen LogP contribution in [-0.2, 0) is 9.53 Å². The Bertz CT molecular complexity index is 391. The van der Waals surface area contributed by atoms with Crippen LogP contribution in [0.15, 0.2) is 12.3 Å². The molecule has 0 aliphatic heterocycles. The maximum Gasteiger partial charge on any atom is 0.256 e. The summed E-state index contributed by atoms with van der Waals surface area (Å²) in [6.45, 7) is 1.85. The van der Waals surface area contributed by atoms with Crippen molar-refractivity contribution in [3.8, 4) is 0 Å². The summed E-state index contributed by atoms with van der Waals surface area (Å²) in [5, 5.41) is 2.67. The first-order valence-corrected chi connectivity index (χ1v) is 5.34. The molecule has 1 saturated carbocycles. The predicted molar refractivity (Wildman–Crippen MR) is 58.9 cm³/mol. The van der Waals surface area contributed by atoms with Crippen LogP contribution in [0.25, 0.3) is 0 Å². The lowest BCUT2D eigenvalue weighted by Gasteiger charge is -2.13. The first kappa shape index (κ1) is 11.0. The van der Waals surface area contributed by atoms with Crippen LogP contribution in [0.4, 0.5) is 5.95 Å². The van der Waals surface area contributed by atoms with E-state index in [-0.39, 0.29) is 12.0 Å². The molecular formula is C11H15N3O2. The third kappa shape index (κ3) is 2.55. The predicted octanol–water partition coefficient (Wildman–Crippen LogP) is 1.15. The summed E-state index contributed by atoms with van der Waals surface area (Å²) in [5.41, 5.74) is 0.825. The van der Waals surface area contributed by atoms with Crippen LogP contribution in [0.2, 0.25) is 0 Å². The molecule has 0 spiro atoms. The lowest BCUT2D eigenvalue weighted by Crippen LogP contribution is -2.32. The summed E-state index contributed by atoms with van der Waals surface area (Å²) in [6.07, 6.45) is 3.36. The topological polar surface area (TPSA) is 64.1 Å². The quantitative estimate of drug-likeness (QED) is 0.828. The lowest BCUT2D eigenvalue weighted by molar-refractivity contribution is -0.126. The molecule has 1 heterocycles. The number of ether oxygens (including phenoxy) is 1. The van der Waals surface area contributed by atoms with Gasteiger partial charge in [0.05, 0.1) is 0 Å². The van der Waals surface area contributed by atoms with Crippen LogP contribution < -0.4 is 5.32 Å². The maximum atomic E-state index is 11.8. The zero-order valence-corrected chi connectivity index (χ0v) is 9.43. The van der Waals surface area contributed by atoms with Crippen LogP contribution in [0, 0.1) is 12.8 Å². The summed E-state index contributed by atoms with van der Waals surface area (Å²) < 4.78 is 5.17. The van der Waals surface area contributed by atoms with Gasteiger partial charge in [-0.1, -0.05) is 0 Å². The standard InChI is InChI=1S/C11H15N3O2/c1-7-5-6-12-11(13-7)14-10(15)9(16-2)8-3-4-8/h5-6,8-9H,3-4H2,1-2H3,(H,12,13,14,15)/t9-/m0/s1. The molecule has 2 rings (SSSR count).